The van der Waals surface area contributed by atoms with Crippen LogP contribution in [0, 0.1) is 0 Å². The molecule has 1 saturated heterocycles. The van der Waals surface area contributed by atoms with E-state index in [1.165, 1.54) is 6.07 Å². The van der Waals surface area contributed by atoms with Crippen LogP contribution in [0.4, 0.5) is 19.0 Å². The molecular weight excluding hydrogens is 383 g/mol. The first-order valence-corrected chi connectivity index (χ1v) is 9.46. The monoisotopic (exact) mass is 407 g/mol. The van der Waals surface area contributed by atoms with Crippen molar-refractivity contribution in [1.29, 1.82) is 0 Å². The van der Waals surface area contributed by atoms with Gasteiger partial charge in [0.2, 0.25) is 5.91 Å². The number of nitrogens with zero attached hydrogens (tertiary/aromatic N) is 4. The van der Waals surface area contributed by atoms with E-state index in [-0.39, 0.29) is 18.5 Å². The SMILES string of the molecule is CN(CC(=O)NC1CCCN(c2ccc(C(F)(F)F)cn2)C1)Cc1cccnc1. The summed E-state index contributed by atoms with van der Waals surface area (Å²) in [6.07, 6.45) is 1.59. The second-order valence-electron chi connectivity index (χ2n) is 7.29. The van der Waals surface area contributed by atoms with E-state index in [4.69, 9.17) is 0 Å². The van der Waals surface area contributed by atoms with E-state index in [1.807, 2.05) is 29.0 Å². The second kappa shape index (κ2) is 9.21. The standard InChI is InChI=1S/C20H24F3N5O/c1-27(12-15-4-2-8-24-10-15)14-19(29)26-17-5-3-9-28(13-17)18-7-6-16(11-25-18)20(21,22)23/h2,4,6-8,10-11,17H,3,5,9,12-14H2,1H3,(H,26,29). The van der Waals surface area contributed by atoms with E-state index in [0.717, 1.165) is 30.7 Å². The van der Waals surface area contributed by atoms with Gasteiger partial charge in [-0.1, -0.05) is 6.07 Å². The summed E-state index contributed by atoms with van der Waals surface area (Å²) in [6, 6.07) is 6.17. The van der Waals surface area contributed by atoms with E-state index in [2.05, 4.69) is 15.3 Å². The van der Waals surface area contributed by atoms with Gasteiger partial charge in [0, 0.05) is 44.3 Å². The number of pyridine rings is 2. The number of likely N-dealkylation sites (N-methyl/N-ethyl adjacent to an activating group) is 1. The molecule has 2 aromatic heterocycles. The molecule has 29 heavy (non-hydrogen) atoms. The zero-order valence-electron chi connectivity index (χ0n) is 16.2. The summed E-state index contributed by atoms with van der Waals surface area (Å²) < 4.78 is 38.1. The Morgan fingerprint density at radius 1 is 1.31 bits per heavy atom. The Labute approximate surface area is 167 Å². The predicted molar refractivity (Wildman–Crippen MR) is 103 cm³/mol. The maximum Gasteiger partial charge on any atom is 0.417 e. The van der Waals surface area contributed by atoms with Crippen LogP contribution < -0.4 is 10.2 Å². The number of carbonyl (C=O) groups excluding carboxylic acids is 1. The quantitative estimate of drug-likeness (QED) is 0.798. The number of alkyl halides is 3. The lowest BCUT2D eigenvalue weighted by Crippen LogP contribution is -2.50. The molecule has 2 aromatic rings. The first-order chi connectivity index (χ1) is 13.8. The number of anilines is 1. The number of halogens is 3. The van der Waals surface area contributed by atoms with Crippen LogP contribution in [0.3, 0.4) is 0 Å². The summed E-state index contributed by atoms with van der Waals surface area (Å²) >= 11 is 0. The van der Waals surface area contributed by atoms with Crippen LogP contribution in [0.15, 0.2) is 42.9 Å². The fourth-order valence-corrected chi connectivity index (χ4v) is 3.42. The van der Waals surface area contributed by atoms with E-state index < -0.39 is 11.7 Å². The summed E-state index contributed by atoms with van der Waals surface area (Å²) in [5.41, 5.74) is 0.264. The van der Waals surface area contributed by atoms with Gasteiger partial charge in [-0.2, -0.15) is 13.2 Å². The summed E-state index contributed by atoms with van der Waals surface area (Å²) in [4.78, 5) is 24.2. The molecule has 0 saturated carbocycles. The molecule has 1 aliphatic rings. The lowest BCUT2D eigenvalue weighted by atomic mass is 10.1. The Morgan fingerprint density at radius 3 is 2.79 bits per heavy atom. The number of nitrogens with one attached hydrogen (secondary N) is 1. The Balaban J connectivity index is 1.50. The lowest BCUT2D eigenvalue weighted by Gasteiger charge is -2.34. The molecule has 3 rings (SSSR count). The minimum Gasteiger partial charge on any atom is -0.355 e. The average Bonchev–Trinajstić information content (AvgIpc) is 2.68. The largest absolute Gasteiger partial charge is 0.417 e. The number of hydrogen-bond donors (Lipinski definition) is 1. The predicted octanol–water partition coefficient (Wildman–Crippen LogP) is 2.71. The summed E-state index contributed by atoms with van der Waals surface area (Å²) in [7, 11) is 1.87. The number of aromatic nitrogens is 2. The van der Waals surface area contributed by atoms with Crippen molar-refractivity contribution in [3.63, 3.8) is 0 Å². The zero-order chi connectivity index (χ0) is 20.9. The lowest BCUT2D eigenvalue weighted by molar-refractivity contribution is -0.137. The molecule has 1 amide bonds. The fraction of sp³-hybridized carbons (Fsp3) is 0.450. The van der Waals surface area contributed by atoms with E-state index in [0.29, 0.717) is 25.5 Å². The van der Waals surface area contributed by atoms with E-state index in [1.54, 1.807) is 12.4 Å². The van der Waals surface area contributed by atoms with Crippen molar-refractivity contribution in [3.05, 3.63) is 54.0 Å². The van der Waals surface area contributed by atoms with Gasteiger partial charge in [-0.05, 0) is 43.7 Å². The molecule has 9 heteroatoms. The van der Waals surface area contributed by atoms with Gasteiger partial charge in [-0.3, -0.25) is 14.7 Å². The van der Waals surface area contributed by atoms with Crippen molar-refractivity contribution in [2.75, 3.05) is 31.6 Å². The molecule has 1 N–H and O–H groups in total. The smallest absolute Gasteiger partial charge is 0.355 e. The van der Waals surface area contributed by atoms with Crippen LogP contribution in [0.2, 0.25) is 0 Å². The molecule has 1 fully saturated rings. The average molecular weight is 407 g/mol. The molecule has 0 bridgehead atoms. The molecule has 0 aliphatic carbocycles. The third-order valence-corrected chi connectivity index (χ3v) is 4.77. The van der Waals surface area contributed by atoms with Crippen molar-refractivity contribution < 1.29 is 18.0 Å². The van der Waals surface area contributed by atoms with Crippen LogP contribution in [0.5, 0.6) is 0 Å². The minimum absolute atomic E-state index is 0.0628. The van der Waals surface area contributed by atoms with Gasteiger partial charge in [0.05, 0.1) is 12.1 Å². The van der Waals surface area contributed by atoms with Crippen molar-refractivity contribution in [2.45, 2.75) is 31.6 Å². The van der Waals surface area contributed by atoms with Gasteiger partial charge in [0.1, 0.15) is 5.82 Å². The Morgan fingerprint density at radius 2 is 2.14 bits per heavy atom. The Hall–Kier alpha value is -2.68. The van der Waals surface area contributed by atoms with Crippen LogP contribution in [-0.2, 0) is 17.5 Å². The summed E-state index contributed by atoms with van der Waals surface area (Å²) in [6.45, 7) is 2.10. The molecular formula is C20H24F3N5O. The van der Waals surface area contributed by atoms with Gasteiger partial charge < -0.3 is 10.2 Å². The molecule has 1 atom stereocenters. The van der Waals surface area contributed by atoms with Crippen LogP contribution in [0.1, 0.15) is 24.0 Å². The number of rotatable bonds is 6. The maximum absolute atomic E-state index is 12.7. The number of piperidine rings is 1. The van der Waals surface area contributed by atoms with Gasteiger partial charge in [-0.15, -0.1) is 0 Å². The van der Waals surface area contributed by atoms with Gasteiger partial charge >= 0.3 is 6.18 Å². The van der Waals surface area contributed by atoms with Crippen LogP contribution in [0.25, 0.3) is 0 Å². The Bertz CT molecular complexity index is 798. The number of amides is 1. The molecule has 156 valence electrons. The van der Waals surface area contributed by atoms with Crippen molar-refractivity contribution in [3.8, 4) is 0 Å². The summed E-state index contributed by atoms with van der Waals surface area (Å²) in [5, 5.41) is 3.03. The van der Waals surface area contributed by atoms with E-state index >= 15 is 0 Å². The highest BCUT2D eigenvalue weighted by Gasteiger charge is 2.31. The summed E-state index contributed by atoms with van der Waals surface area (Å²) in [5.74, 6) is 0.411. The fourth-order valence-electron chi connectivity index (χ4n) is 3.42. The number of hydrogen-bond acceptors (Lipinski definition) is 5. The number of carbonyl (C=O) groups is 1. The van der Waals surface area contributed by atoms with Gasteiger partial charge in [-0.25, -0.2) is 4.98 Å². The first-order valence-electron chi connectivity index (χ1n) is 9.46. The highest BCUT2D eigenvalue weighted by Crippen LogP contribution is 2.29. The third kappa shape index (κ3) is 6.15. The first kappa shape index (κ1) is 21.0. The molecule has 6 nitrogen and oxygen atoms in total. The van der Waals surface area contributed by atoms with Gasteiger partial charge in [0.15, 0.2) is 0 Å². The topological polar surface area (TPSA) is 61.4 Å². The van der Waals surface area contributed by atoms with Crippen LogP contribution in [-0.4, -0.2) is 53.5 Å². The van der Waals surface area contributed by atoms with Gasteiger partial charge in [0.25, 0.3) is 0 Å². The van der Waals surface area contributed by atoms with Crippen molar-refractivity contribution in [1.82, 2.24) is 20.2 Å². The molecule has 0 aromatic carbocycles. The Kier molecular flexibility index (Phi) is 6.68. The van der Waals surface area contributed by atoms with E-state index in [9.17, 15) is 18.0 Å². The van der Waals surface area contributed by atoms with Crippen LogP contribution >= 0.6 is 0 Å². The molecule has 3 heterocycles. The third-order valence-electron chi connectivity index (χ3n) is 4.77. The highest BCUT2D eigenvalue weighted by molar-refractivity contribution is 5.78. The van der Waals surface area contributed by atoms with Crippen molar-refractivity contribution >= 4 is 11.7 Å². The molecule has 1 unspecified atom stereocenters. The highest BCUT2D eigenvalue weighted by atomic mass is 19.4. The minimum atomic E-state index is -4.40. The normalized spacial score (nSPS) is 17.4. The maximum atomic E-state index is 12.7. The molecule has 0 radical (unpaired) electrons. The molecule has 1 aliphatic heterocycles. The zero-order valence-corrected chi connectivity index (χ0v) is 16.2. The molecule has 0 spiro atoms. The van der Waals surface area contributed by atoms with Crippen molar-refractivity contribution in [2.24, 2.45) is 0 Å². The second-order valence-corrected chi connectivity index (χ2v) is 7.29.